The van der Waals surface area contributed by atoms with Gasteiger partial charge in [-0.05, 0) is 18.2 Å². The van der Waals surface area contributed by atoms with Crippen molar-refractivity contribution < 1.29 is 16.8 Å². The van der Waals surface area contributed by atoms with E-state index in [2.05, 4.69) is 10.0 Å². The summed E-state index contributed by atoms with van der Waals surface area (Å²) in [5, 5.41) is 8.14. The average Bonchev–Trinajstić information content (AvgIpc) is 2.41. The molecule has 0 aliphatic carbocycles. The summed E-state index contributed by atoms with van der Waals surface area (Å²) < 4.78 is 50.6. The zero-order chi connectivity index (χ0) is 15.7. The molecule has 21 heavy (non-hydrogen) atoms. The molecule has 1 fully saturated rings. The summed E-state index contributed by atoms with van der Waals surface area (Å²) in [6.45, 7) is 1.74. The van der Waals surface area contributed by atoms with Crippen LogP contribution < -0.4 is 15.2 Å². The number of piperazine rings is 1. The Hall–Kier alpha value is -0.910. The van der Waals surface area contributed by atoms with Gasteiger partial charge in [-0.25, -0.2) is 13.6 Å². The second-order valence-electron chi connectivity index (χ2n) is 4.44. The van der Waals surface area contributed by atoms with Crippen LogP contribution in [-0.4, -0.2) is 47.3 Å². The van der Waals surface area contributed by atoms with Crippen LogP contribution in [0.25, 0.3) is 0 Å². The van der Waals surface area contributed by atoms with Crippen LogP contribution in [0.2, 0.25) is 5.02 Å². The van der Waals surface area contributed by atoms with Gasteiger partial charge in [-0.3, -0.25) is 4.72 Å². The Bertz CT molecular complexity index is 729. The minimum absolute atomic E-state index is 0.0262. The second-order valence-corrected chi connectivity index (χ2v) is 8.08. The maximum absolute atomic E-state index is 12.2. The molecular weight excluding hydrogens is 340 g/mol. The first-order valence-electron chi connectivity index (χ1n) is 6.01. The lowest BCUT2D eigenvalue weighted by Gasteiger charge is -2.27. The van der Waals surface area contributed by atoms with Crippen LogP contribution in [0.4, 0.5) is 5.69 Å². The van der Waals surface area contributed by atoms with Gasteiger partial charge in [0.15, 0.2) is 0 Å². The molecule has 8 nitrogen and oxygen atoms in total. The summed E-state index contributed by atoms with van der Waals surface area (Å²) in [6, 6.07) is 3.58. The van der Waals surface area contributed by atoms with Crippen molar-refractivity contribution >= 4 is 37.5 Å². The lowest BCUT2D eigenvalue weighted by atomic mass is 10.3. The largest absolute Gasteiger partial charge is 0.314 e. The van der Waals surface area contributed by atoms with Crippen molar-refractivity contribution in [2.24, 2.45) is 5.14 Å². The Kier molecular flexibility index (Phi) is 4.76. The normalized spacial score (nSPS) is 17.6. The number of nitrogens with zero attached hydrogens (tertiary/aromatic N) is 1. The van der Waals surface area contributed by atoms with E-state index in [-0.39, 0.29) is 15.6 Å². The predicted octanol–water partition coefficient (Wildman–Crippen LogP) is -0.451. The van der Waals surface area contributed by atoms with Crippen LogP contribution in [0.3, 0.4) is 0 Å². The van der Waals surface area contributed by atoms with E-state index in [1.807, 2.05) is 0 Å². The van der Waals surface area contributed by atoms with E-state index in [9.17, 15) is 16.8 Å². The number of primary sulfonamides is 1. The highest BCUT2D eigenvalue weighted by molar-refractivity contribution is 7.90. The number of hydrogen-bond acceptors (Lipinski definition) is 5. The third-order valence-electron chi connectivity index (χ3n) is 2.92. The Balaban J connectivity index is 2.30. The van der Waals surface area contributed by atoms with E-state index in [1.165, 1.54) is 16.4 Å². The molecule has 1 aromatic carbocycles. The maximum Gasteiger partial charge on any atom is 0.301 e. The number of hydrogen-bond donors (Lipinski definition) is 3. The number of halogens is 1. The smallest absolute Gasteiger partial charge is 0.301 e. The number of rotatable bonds is 4. The van der Waals surface area contributed by atoms with Crippen molar-refractivity contribution in [2.75, 3.05) is 30.9 Å². The van der Waals surface area contributed by atoms with E-state index < -0.39 is 20.2 Å². The molecule has 11 heteroatoms. The van der Waals surface area contributed by atoms with E-state index in [4.69, 9.17) is 16.7 Å². The van der Waals surface area contributed by atoms with Gasteiger partial charge >= 0.3 is 10.2 Å². The number of sulfonamides is 1. The minimum Gasteiger partial charge on any atom is -0.314 e. The molecule has 2 rings (SSSR count). The minimum atomic E-state index is -3.94. The van der Waals surface area contributed by atoms with Crippen LogP contribution in [0.5, 0.6) is 0 Å². The van der Waals surface area contributed by atoms with E-state index in [0.717, 1.165) is 6.07 Å². The fraction of sp³-hybridized carbons (Fsp3) is 0.400. The highest BCUT2D eigenvalue weighted by atomic mass is 35.5. The van der Waals surface area contributed by atoms with E-state index in [0.29, 0.717) is 26.2 Å². The Labute approximate surface area is 128 Å². The highest BCUT2D eigenvalue weighted by Crippen LogP contribution is 2.26. The Morgan fingerprint density at radius 1 is 1.19 bits per heavy atom. The van der Waals surface area contributed by atoms with Crippen molar-refractivity contribution in [3.8, 4) is 0 Å². The molecule has 0 unspecified atom stereocenters. The quantitative estimate of drug-likeness (QED) is 0.676. The summed E-state index contributed by atoms with van der Waals surface area (Å²) >= 11 is 5.90. The zero-order valence-corrected chi connectivity index (χ0v) is 13.3. The molecular formula is C10H15ClN4O4S2. The van der Waals surface area contributed by atoms with Gasteiger partial charge in [-0.2, -0.15) is 12.7 Å². The first-order valence-corrected chi connectivity index (χ1v) is 9.37. The number of nitrogens with one attached hydrogen (secondary N) is 2. The molecule has 1 heterocycles. The summed E-state index contributed by atoms with van der Waals surface area (Å²) in [7, 11) is -7.74. The Morgan fingerprint density at radius 2 is 1.81 bits per heavy atom. The standard InChI is InChI=1S/C10H15ClN4O4S2/c11-9-2-1-8(20(12,16)17)7-10(9)14-21(18,19)15-5-3-13-4-6-15/h1-2,7,13-14H,3-6H2,(H2,12,16,17). The molecule has 0 spiro atoms. The molecule has 1 aromatic rings. The maximum atomic E-state index is 12.2. The Morgan fingerprint density at radius 3 is 2.38 bits per heavy atom. The second kappa shape index (κ2) is 6.07. The first-order chi connectivity index (χ1) is 9.70. The van der Waals surface area contributed by atoms with Gasteiger partial charge in [0.05, 0.1) is 15.6 Å². The topological polar surface area (TPSA) is 122 Å². The van der Waals surface area contributed by atoms with Gasteiger partial charge in [0, 0.05) is 26.2 Å². The van der Waals surface area contributed by atoms with E-state index in [1.54, 1.807) is 0 Å². The van der Waals surface area contributed by atoms with Crippen molar-refractivity contribution in [1.82, 2.24) is 9.62 Å². The molecule has 1 saturated heterocycles. The van der Waals surface area contributed by atoms with Crippen LogP contribution >= 0.6 is 11.6 Å². The van der Waals surface area contributed by atoms with Crippen LogP contribution in [0.1, 0.15) is 0 Å². The summed E-state index contributed by atoms with van der Waals surface area (Å²) in [5.74, 6) is 0. The van der Waals surface area contributed by atoms with Crippen molar-refractivity contribution in [3.63, 3.8) is 0 Å². The van der Waals surface area contributed by atoms with Crippen molar-refractivity contribution in [2.45, 2.75) is 4.90 Å². The predicted molar refractivity (Wildman–Crippen MR) is 79.8 cm³/mol. The number of benzene rings is 1. The summed E-state index contributed by atoms with van der Waals surface area (Å²) in [4.78, 5) is -0.218. The van der Waals surface area contributed by atoms with Crippen LogP contribution in [-0.2, 0) is 20.2 Å². The van der Waals surface area contributed by atoms with Gasteiger partial charge in [-0.1, -0.05) is 11.6 Å². The SMILES string of the molecule is NS(=O)(=O)c1ccc(Cl)c(NS(=O)(=O)N2CCNCC2)c1. The molecule has 1 aliphatic rings. The molecule has 0 atom stereocenters. The van der Waals surface area contributed by atoms with Crippen LogP contribution in [0, 0.1) is 0 Å². The zero-order valence-electron chi connectivity index (χ0n) is 10.9. The van der Waals surface area contributed by atoms with Crippen LogP contribution in [0.15, 0.2) is 23.1 Å². The van der Waals surface area contributed by atoms with Gasteiger partial charge in [0.2, 0.25) is 10.0 Å². The van der Waals surface area contributed by atoms with Gasteiger partial charge in [0.25, 0.3) is 0 Å². The summed E-state index contributed by atoms with van der Waals surface area (Å²) in [6.07, 6.45) is 0. The molecule has 0 radical (unpaired) electrons. The lowest BCUT2D eigenvalue weighted by molar-refractivity contribution is 0.362. The molecule has 0 bridgehead atoms. The number of anilines is 1. The molecule has 1 aliphatic heterocycles. The fourth-order valence-corrected chi connectivity index (χ4v) is 3.85. The monoisotopic (exact) mass is 354 g/mol. The highest BCUT2D eigenvalue weighted by Gasteiger charge is 2.24. The molecule has 118 valence electrons. The molecule has 4 N–H and O–H groups in total. The van der Waals surface area contributed by atoms with Crippen molar-refractivity contribution in [3.05, 3.63) is 23.2 Å². The molecule has 0 amide bonds. The first kappa shape index (κ1) is 16.5. The average molecular weight is 355 g/mol. The van der Waals surface area contributed by atoms with Gasteiger partial charge in [0.1, 0.15) is 0 Å². The third kappa shape index (κ3) is 4.05. The van der Waals surface area contributed by atoms with E-state index >= 15 is 0 Å². The number of nitrogens with two attached hydrogens (primary N) is 1. The van der Waals surface area contributed by atoms with Crippen molar-refractivity contribution in [1.29, 1.82) is 0 Å². The third-order valence-corrected chi connectivity index (χ3v) is 5.68. The fourth-order valence-electron chi connectivity index (χ4n) is 1.85. The molecule has 0 aromatic heterocycles. The van der Waals surface area contributed by atoms with Gasteiger partial charge in [-0.15, -0.1) is 0 Å². The molecule has 0 saturated carbocycles. The summed E-state index contributed by atoms with van der Waals surface area (Å²) in [5.41, 5.74) is -0.0262. The van der Waals surface area contributed by atoms with Gasteiger partial charge < -0.3 is 5.32 Å². The lowest BCUT2D eigenvalue weighted by Crippen LogP contribution is -2.48.